The first-order chi connectivity index (χ1) is 10.9. The maximum atomic E-state index is 9.80. The smallest absolute Gasteiger partial charge is 0.0734 e. The first kappa shape index (κ1) is 14.6. The maximum Gasteiger partial charge on any atom is 0.0734 e. The highest BCUT2D eigenvalue weighted by molar-refractivity contribution is 5.29. The monoisotopic (exact) mass is 292 g/mol. The van der Waals surface area contributed by atoms with Crippen LogP contribution < -0.4 is 5.32 Å². The Kier molecular flexibility index (Phi) is 4.68. The zero-order chi connectivity index (χ0) is 15.2. The zero-order valence-corrected chi connectivity index (χ0v) is 12.3. The number of H-pyrrole nitrogens is 1. The number of aliphatic hydroxyl groups is 1. The first-order valence-corrected chi connectivity index (χ1v) is 7.48. The number of aliphatic hydroxyl groups excluding tert-OH is 1. The van der Waals surface area contributed by atoms with Gasteiger partial charge in [0.2, 0.25) is 0 Å². The van der Waals surface area contributed by atoms with Crippen molar-refractivity contribution < 1.29 is 5.11 Å². The molecule has 1 heterocycles. The fourth-order valence-electron chi connectivity index (χ4n) is 2.68. The molecule has 1 aromatic heterocycles. The molecule has 0 aliphatic carbocycles. The van der Waals surface area contributed by atoms with E-state index < -0.39 is 0 Å². The SMILES string of the molecule is OC[C@@H](N[C@@H](c1ccccc1)c1ccc[nH]1)c1ccccc1. The van der Waals surface area contributed by atoms with Crippen molar-refractivity contribution in [3.8, 4) is 0 Å². The molecule has 0 aliphatic rings. The largest absolute Gasteiger partial charge is 0.394 e. The molecule has 3 nitrogen and oxygen atoms in total. The molecule has 0 aliphatic heterocycles. The molecule has 0 saturated carbocycles. The van der Waals surface area contributed by atoms with Gasteiger partial charge in [0.25, 0.3) is 0 Å². The number of rotatable bonds is 6. The van der Waals surface area contributed by atoms with E-state index in [1.54, 1.807) is 0 Å². The minimum Gasteiger partial charge on any atom is -0.394 e. The van der Waals surface area contributed by atoms with Crippen LogP contribution in [0.4, 0.5) is 0 Å². The Bertz CT molecular complexity index is 665. The van der Waals surface area contributed by atoms with Crippen molar-refractivity contribution in [1.82, 2.24) is 10.3 Å². The molecule has 112 valence electrons. The van der Waals surface area contributed by atoms with Crippen LogP contribution in [0.1, 0.15) is 28.9 Å². The van der Waals surface area contributed by atoms with Gasteiger partial charge >= 0.3 is 0 Å². The lowest BCUT2D eigenvalue weighted by Gasteiger charge is -2.25. The summed E-state index contributed by atoms with van der Waals surface area (Å²) < 4.78 is 0. The zero-order valence-electron chi connectivity index (χ0n) is 12.3. The van der Waals surface area contributed by atoms with Gasteiger partial charge in [-0.05, 0) is 23.3 Å². The minimum absolute atomic E-state index is 0.00792. The molecule has 2 atom stereocenters. The maximum absolute atomic E-state index is 9.80. The molecular weight excluding hydrogens is 272 g/mol. The first-order valence-electron chi connectivity index (χ1n) is 7.48. The van der Waals surface area contributed by atoms with Crippen molar-refractivity contribution in [2.75, 3.05) is 6.61 Å². The molecule has 0 bridgehead atoms. The summed E-state index contributed by atoms with van der Waals surface area (Å²) in [6.07, 6.45) is 1.92. The predicted molar refractivity (Wildman–Crippen MR) is 88.5 cm³/mol. The Balaban J connectivity index is 1.90. The summed E-state index contributed by atoms with van der Waals surface area (Å²) in [7, 11) is 0. The second-order valence-corrected chi connectivity index (χ2v) is 5.28. The highest BCUT2D eigenvalue weighted by Gasteiger charge is 2.20. The molecule has 3 aromatic rings. The molecule has 0 amide bonds. The molecule has 22 heavy (non-hydrogen) atoms. The molecule has 3 rings (SSSR count). The molecule has 3 heteroatoms. The summed E-state index contributed by atoms with van der Waals surface area (Å²) in [5.41, 5.74) is 3.33. The Labute approximate surface area is 130 Å². The summed E-state index contributed by atoms with van der Waals surface area (Å²) >= 11 is 0. The third-order valence-corrected chi connectivity index (χ3v) is 3.82. The molecular formula is C19H20N2O. The fraction of sp³-hybridized carbons (Fsp3) is 0.158. The predicted octanol–water partition coefficient (Wildman–Crippen LogP) is 3.43. The van der Waals surface area contributed by atoms with Crippen molar-refractivity contribution in [1.29, 1.82) is 0 Å². The van der Waals surface area contributed by atoms with Crippen LogP contribution in [0, 0.1) is 0 Å². The van der Waals surface area contributed by atoms with Crippen molar-refractivity contribution in [2.45, 2.75) is 12.1 Å². The molecule has 3 N–H and O–H groups in total. The average molecular weight is 292 g/mol. The number of hydrogen-bond donors (Lipinski definition) is 3. The van der Waals surface area contributed by atoms with Crippen molar-refractivity contribution >= 4 is 0 Å². The summed E-state index contributed by atoms with van der Waals surface area (Å²) in [6.45, 7) is 0.0497. The van der Waals surface area contributed by atoms with Gasteiger partial charge in [0.15, 0.2) is 0 Å². The Morgan fingerprint density at radius 2 is 1.45 bits per heavy atom. The molecule has 0 radical (unpaired) electrons. The van der Waals surface area contributed by atoms with E-state index in [1.807, 2.05) is 60.8 Å². The van der Waals surface area contributed by atoms with Gasteiger partial charge < -0.3 is 10.1 Å². The third-order valence-electron chi connectivity index (χ3n) is 3.82. The summed E-state index contributed by atoms with van der Waals surface area (Å²) in [5, 5.41) is 13.4. The van der Waals surface area contributed by atoms with Crippen LogP contribution in [0.3, 0.4) is 0 Å². The van der Waals surface area contributed by atoms with Crippen LogP contribution in [-0.2, 0) is 0 Å². The lowest BCUT2D eigenvalue weighted by Crippen LogP contribution is -2.29. The number of aromatic amines is 1. The second-order valence-electron chi connectivity index (χ2n) is 5.28. The Morgan fingerprint density at radius 3 is 2.00 bits per heavy atom. The summed E-state index contributed by atoms with van der Waals surface area (Å²) in [6, 6.07) is 24.2. The fourth-order valence-corrected chi connectivity index (χ4v) is 2.68. The molecule has 0 fully saturated rings. The van der Waals surface area contributed by atoms with Crippen LogP contribution in [0.5, 0.6) is 0 Å². The van der Waals surface area contributed by atoms with E-state index in [0.717, 1.165) is 11.3 Å². The number of benzene rings is 2. The standard InChI is InChI=1S/C19H20N2O/c22-14-18(15-8-3-1-4-9-15)21-19(17-12-7-13-20-17)16-10-5-2-6-11-16/h1-13,18-22H,14H2/t18-,19+/m1/s1. The Morgan fingerprint density at radius 1 is 0.818 bits per heavy atom. The van der Waals surface area contributed by atoms with Crippen molar-refractivity contribution in [3.63, 3.8) is 0 Å². The van der Waals surface area contributed by atoms with Gasteiger partial charge in [-0.15, -0.1) is 0 Å². The van der Waals surface area contributed by atoms with Gasteiger partial charge in [-0.1, -0.05) is 60.7 Å². The van der Waals surface area contributed by atoms with Gasteiger partial charge in [-0.2, -0.15) is 0 Å². The van der Waals surface area contributed by atoms with Gasteiger partial charge in [0.05, 0.1) is 18.7 Å². The number of aromatic nitrogens is 1. The van der Waals surface area contributed by atoms with E-state index in [4.69, 9.17) is 0 Å². The second kappa shape index (κ2) is 7.07. The molecule has 0 spiro atoms. The Hall–Kier alpha value is -2.36. The lowest BCUT2D eigenvalue weighted by atomic mass is 10.0. The van der Waals surface area contributed by atoms with Crippen LogP contribution in [0.15, 0.2) is 79.0 Å². The third kappa shape index (κ3) is 3.27. The van der Waals surface area contributed by atoms with Crippen LogP contribution >= 0.6 is 0 Å². The van der Waals surface area contributed by atoms with E-state index in [9.17, 15) is 5.11 Å². The molecule has 0 saturated heterocycles. The normalized spacial score (nSPS) is 13.7. The van der Waals surface area contributed by atoms with E-state index in [0.29, 0.717) is 0 Å². The van der Waals surface area contributed by atoms with E-state index >= 15 is 0 Å². The number of nitrogens with one attached hydrogen (secondary N) is 2. The average Bonchev–Trinajstić information content (AvgIpc) is 3.12. The van der Waals surface area contributed by atoms with E-state index in [2.05, 4.69) is 28.5 Å². The van der Waals surface area contributed by atoms with Gasteiger partial charge in [0.1, 0.15) is 0 Å². The van der Waals surface area contributed by atoms with E-state index in [-0.39, 0.29) is 18.7 Å². The van der Waals surface area contributed by atoms with Crippen LogP contribution in [-0.4, -0.2) is 16.7 Å². The van der Waals surface area contributed by atoms with Gasteiger partial charge in [0, 0.05) is 11.9 Å². The van der Waals surface area contributed by atoms with Gasteiger partial charge in [-0.25, -0.2) is 0 Å². The van der Waals surface area contributed by atoms with Crippen LogP contribution in [0.25, 0.3) is 0 Å². The topological polar surface area (TPSA) is 48.0 Å². The quantitative estimate of drug-likeness (QED) is 0.652. The number of hydrogen-bond acceptors (Lipinski definition) is 2. The van der Waals surface area contributed by atoms with Crippen molar-refractivity contribution in [2.24, 2.45) is 0 Å². The van der Waals surface area contributed by atoms with Gasteiger partial charge in [-0.3, -0.25) is 5.32 Å². The van der Waals surface area contributed by atoms with E-state index in [1.165, 1.54) is 5.56 Å². The minimum atomic E-state index is -0.116. The summed E-state index contributed by atoms with van der Waals surface area (Å²) in [5.74, 6) is 0. The highest BCUT2D eigenvalue weighted by Crippen LogP contribution is 2.24. The van der Waals surface area contributed by atoms with Crippen molar-refractivity contribution in [3.05, 3.63) is 95.8 Å². The highest BCUT2D eigenvalue weighted by atomic mass is 16.3. The molecule has 0 unspecified atom stereocenters. The molecule has 2 aromatic carbocycles. The lowest BCUT2D eigenvalue weighted by molar-refractivity contribution is 0.237. The van der Waals surface area contributed by atoms with Crippen LogP contribution in [0.2, 0.25) is 0 Å². The summed E-state index contributed by atoms with van der Waals surface area (Å²) in [4.78, 5) is 3.27.